The summed E-state index contributed by atoms with van der Waals surface area (Å²) in [7, 11) is 0. The number of rotatable bonds is 7. The summed E-state index contributed by atoms with van der Waals surface area (Å²) >= 11 is 1.92. The van der Waals surface area contributed by atoms with Gasteiger partial charge in [0.15, 0.2) is 0 Å². The van der Waals surface area contributed by atoms with Gasteiger partial charge in [-0.3, -0.25) is 0 Å². The minimum Gasteiger partial charge on any atom is -0.478 e. The summed E-state index contributed by atoms with van der Waals surface area (Å²) in [6.45, 7) is 2.19. The molecule has 0 aromatic heterocycles. The van der Waals surface area contributed by atoms with Gasteiger partial charge in [-0.05, 0) is 29.4 Å². The molecule has 1 rings (SSSR count). The highest BCUT2D eigenvalue weighted by Gasteiger charge is 1.95. The van der Waals surface area contributed by atoms with E-state index in [-0.39, 0.29) is 0 Å². The molecule has 0 fully saturated rings. The first-order valence-electron chi connectivity index (χ1n) is 5.80. The normalized spacial score (nSPS) is 10.9. The predicted octanol–water partition coefficient (Wildman–Crippen LogP) is 3.82. The Morgan fingerprint density at radius 3 is 3.00 bits per heavy atom. The van der Waals surface area contributed by atoms with E-state index in [1.54, 1.807) is 6.08 Å². The molecule has 0 aliphatic carbocycles. The molecule has 17 heavy (non-hydrogen) atoms. The van der Waals surface area contributed by atoms with Crippen molar-refractivity contribution in [1.82, 2.24) is 0 Å². The van der Waals surface area contributed by atoms with Gasteiger partial charge in [0.05, 0.1) is 0 Å². The van der Waals surface area contributed by atoms with Crippen LogP contribution in [0.5, 0.6) is 0 Å². The zero-order valence-electron chi connectivity index (χ0n) is 10.1. The largest absolute Gasteiger partial charge is 0.478 e. The Morgan fingerprint density at radius 2 is 2.29 bits per heavy atom. The van der Waals surface area contributed by atoms with Gasteiger partial charge in [0.2, 0.25) is 0 Å². The van der Waals surface area contributed by atoms with Crippen LogP contribution in [-0.4, -0.2) is 16.8 Å². The van der Waals surface area contributed by atoms with Crippen molar-refractivity contribution in [3.05, 3.63) is 41.5 Å². The molecule has 92 valence electrons. The molecule has 1 aromatic carbocycles. The molecule has 0 heterocycles. The zero-order valence-corrected chi connectivity index (χ0v) is 10.9. The van der Waals surface area contributed by atoms with E-state index in [1.165, 1.54) is 30.2 Å². The molecule has 0 atom stereocenters. The Morgan fingerprint density at radius 1 is 1.47 bits per heavy atom. The second-order valence-electron chi connectivity index (χ2n) is 3.82. The van der Waals surface area contributed by atoms with Crippen molar-refractivity contribution in [2.75, 3.05) is 5.75 Å². The van der Waals surface area contributed by atoms with E-state index >= 15 is 0 Å². The Labute approximate surface area is 107 Å². The molecule has 0 amide bonds. The van der Waals surface area contributed by atoms with Crippen molar-refractivity contribution in [1.29, 1.82) is 0 Å². The van der Waals surface area contributed by atoms with Crippen molar-refractivity contribution >= 4 is 23.8 Å². The first kappa shape index (κ1) is 13.8. The van der Waals surface area contributed by atoms with E-state index in [0.29, 0.717) is 0 Å². The summed E-state index contributed by atoms with van der Waals surface area (Å²) in [5, 5.41) is 8.55. The fourth-order valence-corrected chi connectivity index (χ4v) is 2.44. The SMILES string of the molecule is CCCCSCc1cccc(/C=C/C(=O)O)c1. The molecule has 0 unspecified atom stereocenters. The molecule has 0 spiro atoms. The molecule has 0 saturated heterocycles. The van der Waals surface area contributed by atoms with Gasteiger partial charge in [-0.2, -0.15) is 11.8 Å². The van der Waals surface area contributed by atoms with Crippen LogP contribution in [0.25, 0.3) is 6.08 Å². The van der Waals surface area contributed by atoms with Crippen LogP contribution in [-0.2, 0) is 10.5 Å². The number of carboxylic acid groups (broad SMARTS) is 1. The van der Waals surface area contributed by atoms with Crippen LogP contribution in [0, 0.1) is 0 Å². The minimum atomic E-state index is -0.910. The van der Waals surface area contributed by atoms with Crippen LogP contribution in [0.1, 0.15) is 30.9 Å². The average molecular weight is 250 g/mol. The van der Waals surface area contributed by atoms with Gasteiger partial charge in [0.1, 0.15) is 0 Å². The number of aliphatic carboxylic acids is 1. The van der Waals surface area contributed by atoms with Gasteiger partial charge in [0.25, 0.3) is 0 Å². The molecule has 0 bridgehead atoms. The Balaban J connectivity index is 2.50. The lowest BCUT2D eigenvalue weighted by atomic mass is 10.1. The lowest BCUT2D eigenvalue weighted by Gasteiger charge is -2.02. The monoisotopic (exact) mass is 250 g/mol. The second kappa shape index (κ2) is 7.96. The first-order valence-corrected chi connectivity index (χ1v) is 6.95. The number of hydrogen-bond donors (Lipinski definition) is 1. The molecule has 1 N–H and O–H groups in total. The third-order valence-electron chi connectivity index (χ3n) is 2.28. The van der Waals surface area contributed by atoms with Crippen LogP contribution in [0.4, 0.5) is 0 Å². The zero-order chi connectivity index (χ0) is 12.5. The number of hydrogen-bond acceptors (Lipinski definition) is 2. The summed E-state index contributed by atoms with van der Waals surface area (Å²) in [4.78, 5) is 10.4. The van der Waals surface area contributed by atoms with Crippen molar-refractivity contribution in [2.45, 2.75) is 25.5 Å². The number of benzene rings is 1. The molecule has 2 nitrogen and oxygen atoms in total. The first-order chi connectivity index (χ1) is 8.22. The summed E-state index contributed by atoms with van der Waals surface area (Å²) in [6, 6.07) is 8.01. The van der Waals surface area contributed by atoms with Crippen LogP contribution in [0.3, 0.4) is 0 Å². The summed E-state index contributed by atoms with van der Waals surface area (Å²) in [5.74, 6) is 1.27. The van der Waals surface area contributed by atoms with Crippen molar-refractivity contribution in [3.8, 4) is 0 Å². The molecule has 3 heteroatoms. The quantitative estimate of drug-likeness (QED) is 0.590. The standard InChI is InChI=1S/C14H18O2S/c1-2-3-9-17-11-13-6-4-5-12(10-13)7-8-14(15)16/h4-8,10H,2-3,9,11H2,1H3,(H,15,16)/b8-7+. The van der Waals surface area contributed by atoms with Gasteiger partial charge in [-0.15, -0.1) is 0 Å². The topological polar surface area (TPSA) is 37.3 Å². The molecule has 1 aromatic rings. The maximum atomic E-state index is 10.4. The van der Waals surface area contributed by atoms with Gasteiger partial charge in [-0.25, -0.2) is 4.79 Å². The fraction of sp³-hybridized carbons (Fsp3) is 0.357. The lowest BCUT2D eigenvalue weighted by molar-refractivity contribution is -0.131. The fourth-order valence-electron chi connectivity index (χ4n) is 1.39. The smallest absolute Gasteiger partial charge is 0.328 e. The van der Waals surface area contributed by atoms with Gasteiger partial charge in [-0.1, -0.05) is 37.6 Å². The van der Waals surface area contributed by atoms with E-state index in [2.05, 4.69) is 13.0 Å². The van der Waals surface area contributed by atoms with E-state index in [9.17, 15) is 4.79 Å². The van der Waals surface area contributed by atoms with Gasteiger partial charge >= 0.3 is 5.97 Å². The van der Waals surface area contributed by atoms with Crippen molar-refractivity contribution in [3.63, 3.8) is 0 Å². The highest BCUT2D eigenvalue weighted by molar-refractivity contribution is 7.98. The van der Waals surface area contributed by atoms with Crippen molar-refractivity contribution < 1.29 is 9.90 Å². The van der Waals surface area contributed by atoms with E-state index in [0.717, 1.165) is 11.3 Å². The third kappa shape index (κ3) is 6.17. The van der Waals surface area contributed by atoms with Crippen molar-refractivity contribution in [2.24, 2.45) is 0 Å². The second-order valence-corrected chi connectivity index (χ2v) is 4.93. The van der Waals surface area contributed by atoms with Crippen LogP contribution < -0.4 is 0 Å². The molecule has 0 saturated carbocycles. The maximum absolute atomic E-state index is 10.4. The molecular weight excluding hydrogens is 232 g/mol. The minimum absolute atomic E-state index is 0.910. The van der Waals surface area contributed by atoms with Crippen LogP contribution in [0.2, 0.25) is 0 Å². The Hall–Kier alpha value is -1.22. The van der Waals surface area contributed by atoms with Crippen LogP contribution >= 0.6 is 11.8 Å². The summed E-state index contributed by atoms with van der Waals surface area (Å²) < 4.78 is 0. The summed E-state index contributed by atoms with van der Waals surface area (Å²) in [5.41, 5.74) is 2.19. The highest BCUT2D eigenvalue weighted by Crippen LogP contribution is 2.15. The van der Waals surface area contributed by atoms with E-state index in [4.69, 9.17) is 5.11 Å². The molecular formula is C14H18O2S. The van der Waals surface area contributed by atoms with E-state index in [1.807, 2.05) is 30.0 Å². The Bertz CT molecular complexity index is 386. The van der Waals surface area contributed by atoms with Crippen LogP contribution in [0.15, 0.2) is 30.3 Å². The lowest BCUT2D eigenvalue weighted by Crippen LogP contribution is -1.87. The van der Waals surface area contributed by atoms with Gasteiger partial charge in [0, 0.05) is 11.8 Å². The van der Waals surface area contributed by atoms with E-state index < -0.39 is 5.97 Å². The number of unbranched alkanes of at least 4 members (excludes halogenated alkanes) is 1. The summed E-state index contributed by atoms with van der Waals surface area (Å²) in [6.07, 6.45) is 5.28. The maximum Gasteiger partial charge on any atom is 0.328 e. The van der Waals surface area contributed by atoms with Gasteiger partial charge < -0.3 is 5.11 Å². The molecule has 0 aliphatic rings. The number of thioether (sulfide) groups is 1. The number of carbonyl (C=O) groups is 1. The number of carboxylic acids is 1. The Kier molecular flexibility index (Phi) is 6.48. The molecule has 0 aliphatic heterocycles. The highest BCUT2D eigenvalue weighted by atomic mass is 32.2. The average Bonchev–Trinajstić information content (AvgIpc) is 2.33. The predicted molar refractivity (Wildman–Crippen MR) is 74.2 cm³/mol. The molecule has 0 radical (unpaired) electrons. The third-order valence-corrected chi connectivity index (χ3v) is 3.40.